The van der Waals surface area contributed by atoms with E-state index in [2.05, 4.69) is 5.32 Å². The van der Waals surface area contributed by atoms with Crippen LogP contribution in [-0.4, -0.2) is 37.2 Å². The lowest BCUT2D eigenvalue weighted by Crippen LogP contribution is -2.62. The number of piperidine rings is 1. The largest absolute Gasteiger partial charge is 0.415 e. The first-order valence-electron chi connectivity index (χ1n) is 6.50. The number of ether oxygens (including phenoxy) is 1. The summed E-state index contributed by atoms with van der Waals surface area (Å²) in [5, 5.41) is 3.36. The average molecular weight is 246 g/mol. The van der Waals surface area contributed by atoms with Crippen molar-refractivity contribution in [1.82, 2.24) is 10.2 Å². The molecular formula is C14H18N2O2. The van der Waals surface area contributed by atoms with E-state index in [9.17, 15) is 4.79 Å². The van der Waals surface area contributed by atoms with E-state index in [0.717, 1.165) is 26.2 Å². The molecule has 3 rings (SSSR count). The molecule has 0 unspecified atom stereocenters. The summed E-state index contributed by atoms with van der Waals surface area (Å²) in [6.45, 7) is 3.84. The number of hydrogen-bond donors (Lipinski definition) is 1. The number of nitrogens with one attached hydrogen (secondary N) is 1. The summed E-state index contributed by atoms with van der Waals surface area (Å²) in [6.07, 6.45) is 2.12. The van der Waals surface area contributed by atoms with Gasteiger partial charge in [0.1, 0.15) is 5.75 Å². The van der Waals surface area contributed by atoms with Crippen LogP contribution in [0, 0.1) is 5.41 Å². The van der Waals surface area contributed by atoms with Crippen LogP contribution < -0.4 is 10.1 Å². The van der Waals surface area contributed by atoms with Crippen molar-refractivity contribution in [1.29, 1.82) is 0 Å². The lowest BCUT2D eigenvalue weighted by molar-refractivity contribution is -0.00764. The number of para-hydroxylation sites is 1. The fourth-order valence-electron chi connectivity index (χ4n) is 2.82. The molecule has 96 valence electrons. The van der Waals surface area contributed by atoms with Gasteiger partial charge in [-0.3, -0.25) is 0 Å². The third-order valence-electron chi connectivity index (χ3n) is 3.92. The van der Waals surface area contributed by atoms with Gasteiger partial charge in [-0.05, 0) is 38.1 Å². The number of carbonyl (C=O) groups excluding carboxylic acids is 1. The number of benzene rings is 1. The Balaban J connectivity index is 1.53. The molecule has 2 aliphatic heterocycles. The highest BCUT2D eigenvalue weighted by Crippen LogP contribution is 2.38. The van der Waals surface area contributed by atoms with Crippen molar-refractivity contribution < 1.29 is 9.53 Å². The minimum atomic E-state index is -0.217. The van der Waals surface area contributed by atoms with Crippen molar-refractivity contribution >= 4 is 6.09 Å². The van der Waals surface area contributed by atoms with E-state index >= 15 is 0 Å². The van der Waals surface area contributed by atoms with Crippen LogP contribution in [0.2, 0.25) is 0 Å². The number of hydrogen-bond acceptors (Lipinski definition) is 3. The molecule has 1 aromatic rings. The van der Waals surface area contributed by atoms with Gasteiger partial charge in [0.05, 0.1) is 0 Å². The summed E-state index contributed by atoms with van der Waals surface area (Å²) in [4.78, 5) is 13.7. The van der Waals surface area contributed by atoms with Gasteiger partial charge in [-0.25, -0.2) is 4.79 Å². The molecule has 2 heterocycles. The van der Waals surface area contributed by atoms with Gasteiger partial charge in [0, 0.05) is 18.5 Å². The summed E-state index contributed by atoms with van der Waals surface area (Å²) < 4.78 is 5.32. The van der Waals surface area contributed by atoms with Gasteiger partial charge in [-0.15, -0.1) is 0 Å². The molecule has 0 atom stereocenters. The third kappa shape index (κ3) is 2.20. The molecule has 0 bridgehead atoms. The Bertz CT molecular complexity index is 419. The summed E-state index contributed by atoms with van der Waals surface area (Å²) in [6, 6.07) is 9.25. The zero-order valence-corrected chi connectivity index (χ0v) is 10.4. The highest BCUT2D eigenvalue weighted by molar-refractivity contribution is 5.71. The van der Waals surface area contributed by atoms with Gasteiger partial charge in [0.2, 0.25) is 0 Å². The van der Waals surface area contributed by atoms with Crippen LogP contribution in [0.5, 0.6) is 5.75 Å². The summed E-state index contributed by atoms with van der Waals surface area (Å²) in [7, 11) is 0. The van der Waals surface area contributed by atoms with Crippen molar-refractivity contribution in [3.63, 3.8) is 0 Å². The van der Waals surface area contributed by atoms with E-state index in [0.29, 0.717) is 11.2 Å². The normalized spacial score (nSPS) is 21.4. The van der Waals surface area contributed by atoms with E-state index in [1.165, 1.54) is 12.8 Å². The maximum absolute atomic E-state index is 11.9. The van der Waals surface area contributed by atoms with Crippen LogP contribution in [0.25, 0.3) is 0 Å². The van der Waals surface area contributed by atoms with Gasteiger partial charge in [0.15, 0.2) is 0 Å². The second kappa shape index (κ2) is 4.61. The minimum absolute atomic E-state index is 0.217. The Labute approximate surface area is 107 Å². The van der Waals surface area contributed by atoms with E-state index in [-0.39, 0.29) is 6.09 Å². The Morgan fingerprint density at radius 2 is 1.83 bits per heavy atom. The van der Waals surface area contributed by atoms with Crippen molar-refractivity contribution in [2.75, 3.05) is 26.2 Å². The molecule has 0 aromatic heterocycles. The van der Waals surface area contributed by atoms with Crippen LogP contribution in [0.3, 0.4) is 0 Å². The number of likely N-dealkylation sites (tertiary alicyclic amines) is 1. The topological polar surface area (TPSA) is 41.6 Å². The molecule has 1 N–H and O–H groups in total. The van der Waals surface area contributed by atoms with E-state index in [1.807, 2.05) is 18.2 Å². The molecule has 2 saturated heterocycles. The lowest BCUT2D eigenvalue weighted by atomic mass is 9.73. The van der Waals surface area contributed by atoms with Gasteiger partial charge < -0.3 is 15.0 Å². The maximum atomic E-state index is 11.9. The first-order chi connectivity index (χ1) is 8.77. The highest BCUT2D eigenvalue weighted by atomic mass is 16.6. The molecular weight excluding hydrogens is 228 g/mol. The minimum Gasteiger partial charge on any atom is -0.410 e. The Morgan fingerprint density at radius 1 is 1.17 bits per heavy atom. The molecule has 4 heteroatoms. The Morgan fingerprint density at radius 3 is 2.50 bits per heavy atom. The summed E-state index contributed by atoms with van der Waals surface area (Å²) >= 11 is 0. The lowest BCUT2D eigenvalue weighted by Gasteiger charge is -2.51. The quantitative estimate of drug-likeness (QED) is 0.822. The SMILES string of the molecule is O=C(Oc1ccccc1)N1CC2(CCNCC2)C1. The second-order valence-electron chi connectivity index (χ2n) is 5.29. The van der Waals surface area contributed by atoms with Crippen LogP contribution in [0.15, 0.2) is 30.3 Å². The zero-order valence-electron chi connectivity index (χ0n) is 10.4. The van der Waals surface area contributed by atoms with Gasteiger partial charge in [0.25, 0.3) is 0 Å². The molecule has 1 amide bonds. The van der Waals surface area contributed by atoms with Crippen LogP contribution in [0.1, 0.15) is 12.8 Å². The van der Waals surface area contributed by atoms with Gasteiger partial charge >= 0.3 is 6.09 Å². The number of rotatable bonds is 1. The van der Waals surface area contributed by atoms with E-state index in [4.69, 9.17) is 4.74 Å². The number of carbonyl (C=O) groups is 1. The predicted octanol–water partition coefficient (Wildman–Crippen LogP) is 1.87. The van der Waals surface area contributed by atoms with Crippen molar-refractivity contribution in [3.05, 3.63) is 30.3 Å². The Kier molecular flexibility index (Phi) is 2.96. The monoisotopic (exact) mass is 246 g/mol. The molecule has 1 aromatic carbocycles. The standard InChI is InChI=1S/C14H18N2O2/c17-13(18-12-4-2-1-3-5-12)16-10-14(11-16)6-8-15-9-7-14/h1-5,15H,6-11H2. The molecule has 4 nitrogen and oxygen atoms in total. The number of nitrogens with zero attached hydrogens (tertiary/aromatic N) is 1. The number of amides is 1. The van der Waals surface area contributed by atoms with Crippen molar-refractivity contribution in [2.24, 2.45) is 5.41 Å². The first-order valence-corrected chi connectivity index (χ1v) is 6.50. The molecule has 0 radical (unpaired) electrons. The molecule has 2 fully saturated rings. The van der Waals surface area contributed by atoms with Crippen LogP contribution in [-0.2, 0) is 0 Å². The molecule has 18 heavy (non-hydrogen) atoms. The van der Waals surface area contributed by atoms with Crippen molar-refractivity contribution in [2.45, 2.75) is 12.8 Å². The molecule has 0 saturated carbocycles. The third-order valence-corrected chi connectivity index (χ3v) is 3.92. The average Bonchev–Trinajstić information content (AvgIpc) is 2.38. The predicted molar refractivity (Wildman–Crippen MR) is 68.6 cm³/mol. The molecule has 0 aliphatic carbocycles. The molecule has 2 aliphatic rings. The van der Waals surface area contributed by atoms with E-state index in [1.54, 1.807) is 17.0 Å². The molecule has 1 spiro atoms. The fourth-order valence-corrected chi connectivity index (χ4v) is 2.82. The highest BCUT2D eigenvalue weighted by Gasteiger charge is 2.46. The summed E-state index contributed by atoms with van der Waals surface area (Å²) in [5.74, 6) is 0.619. The van der Waals surface area contributed by atoms with Crippen LogP contribution >= 0.6 is 0 Å². The fraction of sp³-hybridized carbons (Fsp3) is 0.500. The van der Waals surface area contributed by atoms with Gasteiger partial charge in [-0.2, -0.15) is 0 Å². The summed E-state index contributed by atoms with van der Waals surface area (Å²) in [5.41, 5.74) is 0.362. The van der Waals surface area contributed by atoms with Gasteiger partial charge in [-0.1, -0.05) is 18.2 Å². The van der Waals surface area contributed by atoms with Crippen molar-refractivity contribution in [3.8, 4) is 5.75 Å². The second-order valence-corrected chi connectivity index (χ2v) is 5.29. The Hall–Kier alpha value is -1.55. The zero-order chi connectivity index (χ0) is 12.4. The van der Waals surface area contributed by atoms with E-state index < -0.39 is 0 Å². The smallest absolute Gasteiger partial charge is 0.410 e. The maximum Gasteiger partial charge on any atom is 0.415 e. The first kappa shape index (κ1) is 11.5. The van der Waals surface area contributed by atoms with Crippen LogP contribution in [0.4, 0.5) is 4.79 Å².